The van der Waals surface area contributed by atoms with Crippen LogP contribution in [0.3, 0.4) is 0 Å². The van der Waals surface area contributed by atoms with Crippen LogP contribution in [0.1, 0.15) is 23.2 Å². The number of nitrogens with zero attached hydrogens (tertiary/aromatic N) is 2. The van der Waals surface area contributed by atoms with Gasteiger partial charge in [0, 0.05) is 24.6 Å². The number of para-hydroxylation sites is 2. The first-order valence-corrected chi connectivity index (χ1v) is 13.6. The van der Waals surface area contributed by atoms with Crippen molar-refractivity contribution in [1.29, 1.82) is 0 Å². The second kappa shape index (κ2) is 11.7. The van der Waals surface area contributed by atoms with Crippen LogP contribution in [0, 0.1) is 11.7 Å². The quantitative estimate of drug-likeness (QED) is 0.359. The lowest BCUT2D eigenvalue weighted by atomic mass is 9.89. The smallest absolute Gasteiger partial charge is 0.264 e. The number of piperidine rings is 1. The van der Waals surface area contributed by atoms with Crippen molar-refractivity contribution in [2.75, 3.05) is 44.7 Å². The van der Waals surface area contributed by atoms with E-state index in [0.29, 0.717) is 55.2 Å². The van der Waals surface area contributed by atoms with Gasteiger partial charge in [0.05, 0.1) is 24.8 Å². The molecule has 1 aliphatic rings. The van der Waals surface area contributed by atoms with E-state index in [0.717, 1.165) is 0 Å². The predicted octanol–water partition coefficient (Wildman–Crippen LogP) is 4.63. The van der Waals surface area contributed by atoms with Crippen molar-refractivity contribution >= 4 is 21.5 Å². The van der Waals surface area contributed by atoms with Crippen molar-refractivity contribution in [2.45, 2.75) is 17.7 Å². The van der Waals surface area contributed by atoms with Gasteiger partial charge in [-0.05, 0) is 86.6 Å². The highest BCUT2D eigenvalue weighted by Gasteiger charge is 2.30. The summed E-state index contributed by atoms with van der Waals surface area (Å²) in [5.41, 5.74) is 0.981. The third kappa shape index (κ3) is 6.11. The Balaban J connectivity index is 1.48. The van der Waals surface area contributed by atoms with E-state index in [1.165, 1.54) is 54.9 Å². The standard InChI is InChI=1S/C28H31FN2O5S/c1-35-24-11-13-25(14-12-24)37(33,34)31(26-5-3-4-6-27(26)36-2)20-19-30-17-15-22(16-18-30)28(32)21-7-9-23(29)10-8-21/h3-14,22H,15-20H2,1-2H3. The molecule has 0 bridgehead atoms. The van der Waals surface area contributed by atoms with Crippen LogP contribution in [-0.2, 0) is 10.0 Å². The summed E-state index contributed by atoms with van der Waals surface area (Å²) in [5.74, 6) is 0.562. The van der Waals surface area contributed by atoms with Crippen LogP contribution in [0.2, 0.25) is 0 Å². The van der Waals surface area contributed by atoms with E-state index in [-0.39, 0.29) is 29.0 Å². The summed E-state index contributed by atoms with van der Waals surface area (Å²) in [6.07, 6.45) is 1.33. The number of hydrogen-bond donors (Lipinski definition) is 0. The number of sulfonamides is 1. The van der Waals surface area contributed by atoms with E-state index in [4.69, 9.17) is 9.47 Å². The number of hydrogen-bond acceptors (Lipinski definition) is 6. The molecule has 0 aliphatic carbocycles. The summed E-state index contributed by atoms with van der Waals surface area (Å²) in [6.45, 7) is 2.04. The van der Waals surface area contributed by atoms with Gasteiger partial charge in [-0.2, -0.15) is 0 Å². The number of ketones is 1. The Morgan fingerprint density at radius 2 is 1.59 bits per heavy atom. The first-order chi connectivity index (χ1) is 17.8. The second-order valence-electron chi connectivity index (χ2n) is 8.91. The third-order valence-corrected chi connectivity index (χ3v) is 8.54. The summed E-state index contributed by atoms with van der Waals surface area (Å²) < 4.78 is 52.7. The molecule has 3 aromatic rings. The molecule has 37 heavy (non-hydrogen) atoms. The summed E-state index contributed by atoms with van der Waals surface area (Å²) in [4.78, 5) is 15.1. The second-order valence-corrected chi connectivity index (χ2v) is 10.8. The van der Waals surface area contributed by atoms with Crippen molar-refractivity contribution in [3.05, 3.63) is 84.2 Å². The average Bonchev–Trinajstić information content (AvgIpc) is 2.93. The summed E-state index contributed by atoms with van der Waals surface area (Å²) in [5, 5.41) is 0. The Kier molecular flexibility index (Phi) is 8.45. The molecule has 0 atom stereocenters. The minimum atomic E-state index is -3.89. The van der Waals surface area contributed by atoms with Crippen LogP contribution >= 0.6 is 0 Å². The average molecular weight is 527 g/mol. The van der Waals surface area contributed by atoms with Gasteiger partial charge in [-0.25, -0.2) is 12.8 Å². The van der Waals surface area contributed by atoms with Gasteiger partial charge in [0.25, 0.3) is 10.0 Å². The normalized spacial score (nSPS) is 14.8. The van der Waals surface area contributed by atoms with Gasteiger partial charge >= 0.3 is 0 Å². The topological polar surface area (TPSA) is 76.2 Å². The molecule has 0 radical (unpaired) electrons. The number of halogens is 1. The number of carbonyl (C=O) groups is 1. The maximum Gasteiger partial charge on any atom is 0.264 e. The first kappa shape index (κ1) is 26.6. The Hall–Kier alpha value is -3.43. The molecule has 0 amide bonds. The number of ether oxygens (including phenoxy) is 2. The molecule has 0 unspecified atom stereocenters. The lowest BCUT2D eigenvalue weighted by Crippen LogP contribution is -2.43. The van der Waals surface area contributed by atoms with E-state index in [2.05, 4.69) is 4.90 Å². The van der Waals surface area contributed by atoms with Crippen molar-refractivity contribution in [3.63, 3.8) is 0 Å². The number of benzene rings is 3. The molecule has 4 rings (SSSR count). The molecule has 3 aromatic carbocycles. The van der Waals surface area contributed by atoms with E-state index < -0.39 is 10.0 Å². The Labute approximate surface area is 217 Å². The van der Waals surface area contributed by atoms with Gasteiger partial charge in [-0.15, -0.1) is 0 Å². The van der Waals surface area contributed by atoms with E-state index in [1.54, 1.807) is 36.4 Å². The number of rotatable bonds is 10. The van der Waals surface area contributed by atoms with Gasteiger partial charge in [-0.1, -0.05) is 12.1 Å². The number of methoxy groups -OCH3 is 2. The molecular weight excluding hydrogens is 495 g/mol. The lowest BCUT2D eigenvalue weighted by Gasteiger charge is -2.33. The molecule has 1 heterocycles. The number of likely N-dealkylation sites (tertiary alicyclic amines) is 1. The minimum absolute atomic E-state index is 0.0254. The SMILES string of the molecule is COc1ccc(S(=O)(=O)N(CCN2CCC(C(=O)c3ccc(F)cc3)CC2)c2ccccc2OC)cc1. The zero-order valence-electron chi connectivity index (χ0n) is 21.0. The van der Waals surface area contributed by atoms with Crippen LogP contribution in [0.15, 0.2) is 77.7 Å². The monoisotopic (exact) mass is 526 g/mol. The van der Waals surface area contributed by atoms with E-state index in [1.807, 2.05) is 0 Å². The molecule has 1 fully saturated rings. The zero-order chi connectivity index (χ0) is 26.4. The molecule has 7 nitrogen and oxygen atoms in total. The molecule has 1 aliphatic heterocycles. The van der Waals surface area contributed by atoms with Gasteiger partial charge < -0.3 is 14.4 Å². The summed E-state index contributed by atoms with van der Waals surface area (Å²) in [6, 6.07) is 19.0. The molecular formula is C28H31FN2O5S. The van der Waals surface area contributed by atoms with Crippen LogP contribution in [0.4, 0.5) is 10.1 Å². The van der Waals surface area contributed by atoms with Gasteiger partial charge in [0.15, 0.2) is 5.78 Å². The van der Waals surface area contributed by atoms with Crippen molar-refractivity contribution in [2.24, 2.45) is 5.92 Å². The fourth-order valence-corrected chi connectivity index (χ4v) is 6.05. The summed E-state index contributed by atoms with van der Waals surface area (Å²) in [7, 11) is -0.847. The molecule has 9 heteroatoms. The molecule has 196 valence electrons. The number of carbonyl (C=O) groups excluding carboxylic acids is 1. The number of Topliss-reactive ketones (excluding diaryl/α,β-unsaturated/α-hetero) is 1. The highest BCUT2D eigenvalue weighted by molar-refractivity contribution is 7.92. The van der Waals surface area contributed by atoms with Crippen LogP contribution in [0.25, 0.3) is 0 Å². The third-order valence-electron chi connectivity index (χ3n) is 6.71. The molecule has 0 spiro atoms. The largest absolute Gasteiger partial charge is 0.497 e. The molecule has 0 N–H and O–H groups in total. The van der Waals surface area contributed by atoms with Crippen molar-refractivity contribution in [3.8, 4) is 11.5 Å². The maximum absolute atomic E-state index is 13.7. The Morgan fingerprint density at radius 3 is 2.22 bits per heavy atom. The summed E-state index contributed by atoms with van der Waals surface area (Å²) >= 11 is 0. The number of anilines is 1. The highest BCUT2D eigenvalue weighted by Crippen LogP contribution is 2.33. The van der Waals surface area contributed by atoms with Crippen molar-refractivity contribution in [1.82, 2.24) is 4.90 Å². The van der Waals surface area contributed by atoms with Gasteiger partial charge in [0.1, 0.15) is 17.3 Å². The first-order valence-electron chi connectivity index (χ1n) is 12.2. The van der Waals surface area contributed by atoms with E-state index >= 15 is 0 Å². The maximum atomic E-state index is 13.7. The van der Waals surface area contributed by atoms with Crippen LogP contribution in [0.5, 0.6) is 11.5 Å². The zero-order valence-corrected chi connectivity index (χ0v) is 21.8. The van der Waals surface area contributed by atoms with E-state index in [9.17, 15) is 17.6 Å². The lowest BCUT2D eigenvalue weighted by molar-refractivity contribution is 0.0843. The van der Waals surface area contributed by atoms with Crippen molar-refractivity contribution < 1.29 is 27.1 Å². The Morgan fingerprint density at radius 1 is 0.946 bits per heavy atom. The van der Waals surface area contributed by atoms with Crippen LogP contribution < -0.4 is 13.8 Å². The van der Waals surface area contributed by atoms with Gasteiger partial charge in [-0.3, -0.25) is 9.10 Å². The highest BCUT2D eigenvalue weighted by atomic mass is 32.2. The molecule has 1 saturated heterocycles. The van der Waals surface area contributed by atoms with Crippen LogP contribution in [-0.4, -0.2) is 59.5 Å². The molecule has 0 aromatic heterocycles. The minimum Gasteiger partial charge on any atom is -0.497 e. The Bertz CT molecular complexity index is 1310. The predicted molar refractivity (Wildman–Crippen MR) is 140 cm³/mol. The fraction of sp³-hybridized carbons (Fsp3) is 0.321. The fourth-order valence-electron chi connectivity index (χ4n) is 4.58. The molecule has 0 saturated carbocycles. The van der Waals surface area contributed by atoms with Gasteiger partial charge in [0.2, 0.25) is 0 Å².